The molecular formula is C7H7N4NaS. The molecule has 2 rings (SSSR count). The number of aromatic nitrogens is 4. The Morgan fingerprint density at radius 1 is 1.15 bits per heavy atom. The molecular weight excluding hydrogens is 195 g/mol. The van der Waals surface area contributed by atoms with Crippen LogP contribution in [0.15, 0.2) is 41.6 Å². The number of rotatable bonds is 2. The van der Waals surface area contributed by atoms with Gasteiger partial charge < -0.3 is 0 Å². The van der Waals surface area contributed by atoms with Gasteiger partial charge in [-0.3, -0.25) is 0 Å². The molecule has 0 aliphatic rings. The molecule has 13 heavy (non-hydrogen) atoms. The first-order valence-electron chi connectivity index (χ1n) is 3.41. The van der Waals surface area contributed by atoms with Gasteiger partial charge in [0.1, 0.15) is 0 Å². The van der Waals surface area contributed by atoms with Gasteiger partial charge >= 0.3 is 29.6 Å². The molecule has 0 saturated heterocycles. The third-order valence-electron chi connectivity index (χ3n) is 1.26. The summed E-state index contributed by atoms with van der Waals surface area (Å²) in [5.74, 6) is 0. The monoisotopic (exact) mass is 202 g/mol. The van der Waals surface area contributed by atoms with E-state index in [2.05, 4.69) is 15.4 Å². The summed E-state index contributed by atoms with van der Waals surface area (Å²) in [4.78, 5) is 1.09. The van der Waals surface area contributed by atoms with Gasteiger partial charge in [-0.25, -0.2) is 0 Å². The van der Waals surface area contributed by atoms with E-state index < -0.39 is 0 Å². The molecule has 6 heteroatoms. The van der Waals surface area contributed by atoms with E-state index in [0.717, 1.165) is 4.90 Å². The van der Waals surface area contributed by atoms with Crippen LogP contribution in [-0.2, 0) is 0 Å². The molecule has 0 radical (unpaired) electrons. The zero-order chi connectivity index (χ0) is 8.23. The number of hydrogen-bond acceptors (Lipinski definition) is 4. The number of tetrazole rings is 1. The molecule has 1 heterocycles. The van der Waals surface area contributed by atoms with Crippen LogP contribution < -0.4 is 0 Å². The Bertz CT molecular complexity index is 337. The fraction of sp³-hybridized carbons (Fsp3) is 0. The van der Waals surface area contributed by atoms with E-state index in [9.17, 15) is 0 Å². The van der Waals surface area contributed by atoms with E-state index in [1.165, 1.54) is 22.5 Å². The fourth-order valence-electron chi connectivity index (χ4n) is 0.775. The molecule has 1 aromatic carbocycles. The van der Waals surface area contributed by atoms with Gasteiger partial charge in [0.05, 0.1) is 0 Å². The molecule has 0 bridgehead atoms. The van der Waals surface area contributed by atoms with Crippen molar-refractivity contribution >= 4 is 41.5 Å². The summed E-state index contributed by atoms with van der Waals surface area (Å²) in [6.07, 6.45) is 1.41. The molecule has 0 saturated carbocycles. The van der Waals surface area contributed by atoms with Crippen molar-refractivity contribution in [2.75, 3.05) is 0 Å². The Kier molecular flexibility index (Phi) is 4.44. The Labute approximate surface area is 102 Å². The molecule has 4 nitrogen and oxygen atoms in total. The molecule has 1 aromatic heterocycles. The molecule has 0 atom stereocenters. The van der Waals surface area contributed by atoms with E-state index in [-0.39, 0.29) is 29.6 Å². The van der Waals surface area contributed by atoms with Crippen molar-refractivity contribution in [1.29, 1.82) is 0 Å². The SMILES string of the molecule is [NaH].c1ccc(Sn2ncnn2)cc1. The maximum absolute atomic E-state index is 3.87. The van der Waals surface area contributed by atoms with Gasteiger partial charge in [-0.1, -0.05) is 22.4 Å². The molecule has 0 amide bonds. The number of nitrogens with zero attached hydrogens (tertiary/aromatic N) is 4. The van der Waals surface area contributed by atoms with Gasteiger partial charge in [-0.05, 0) is 17.3 Å². The Hall–Kier alpha value is -0.360. The molecule has 0 fully saturated rings. The minimum absolute atomic E-state index is 0. The van der Waals surface area contributed by atoms with Gasteiger partial charge in [0.15, 0.2) is 6.33 Å². The summed E-state index contributed by atoms with van der Waals surface area (Å²) < 4.78 is 1.47. The second kappa shape index (κ2) is 5.39. The second-order valence-electron chi connectivity index (χ2n) is 2.09. The molecule has 0 spiro atoms. The van der Waals surface area contributed by atoms with E-state index in [4.69, 9.17) is 0 Å². The first kappa shape index (κ1) is 10.7. The first-order chi connectivity index (χ1) is 5.95. The van der Waals surface area contributed by atoms with Gasteiger partial charge in [0, 0.05) is 16.8 Å². The minimum Gasteiger partial charge on any atom is -0.128 e. The van der Waals surface area contributed by atoms with E-state index in [1.807, 2.05) is 30.3 Å². The maximum Gasteiger partial charge on any atom is 0.163 e. The van der Waals surface area contributed by atoms with Crippen LogP contribution in [0.25, 0.3) is 0 Å². The summed E-state index contributed by atoms with van der Waals surface area (Å²) in [5, 5.41) is 11.2. The van der Waals surface area contributed by atoms with E-state index in [1.54, 1.807) is 0 Å². The van der Waals surface area contributed by atoms with Crippen molar-refractivity contribution < 1.29 is 0 Å². The van der Waals surface area contributed by atoms with Crippen molar-refractivity contribution in [3.05, 3.63) is 36.7 Å². The van der Waals surface area contributed by atoms with Crippen molar-refractivity contribution in [3.8, 4) is 0 Å². The average Bonchev–Trinajstić information content (AvgIpc) is 2.59. The quantitative estimate of drug-likeness (QED) is 0.668. The molecule has 0 aliphatic heterocycles. The first-order valence-corrected chi connectivity index (χ1v) is 4.19. The second-order valence-corrected chi connectivity index (χ2v) is 3.07. The summed E-state index contributed by atoms with van der Waals surface area (Å²) >= 11 is 1.43. The van der Waals surface area contributed by atoms with Crippen molar-refractivity contribution in [2.24, 2.45) is 0 Å². The van der Waals surface area contributed by atoms with Gasteiger partial charge in [-0.15, -0.1) is 10.2 Å². The molecule has 62 valence electrons. The van der Waals surface area contributed by atoms with Crippen LogP contribution in [0.3, 0.4) is 0 Å². The topological polar surface area (TPSA) is 43.6 Å². The van der Waals surface area contributed by atoms with Crippen LogP contribution in [0.2, 0.25) is 0 Å². The molecule has 0 N–H and O–H groups in total. The summed E-state index contributed by atoms with van der Waals surface area (Å²) in [6, 6.07) is 9.90. The summed E-state index contributed by atoms with van der Waals surface area (Å²) in [5.41, 5.74) is 0. The van der Waals surface area contributed by atoms with Gasteiger partial charge in [0.2, 0.25) is 0 Å². The van der Waals surface area contributed by atoms with Crippen LogP contribution in [0.1, 0.15) is 0 Å². The van der Waals surface area contributed by atoms with E-state index in [0.29, 0.717) is 0 Å². The van der Waals surface area contributed by atoms with Crippen molar-refractivity contribution in [1.82, 2.24) is 19.6 Å². The third-order valence-corrected chi connectivity index (χ3v) is 2.07. The van der Waals surface area contributed by atoms with Crippen LogP contribution in [0, 0.1) is 0 Å². The predicted octanol–water partition coefficient (Wildman–Crippen LogP) is 0.580. The zero-order valence-corrected chi connectivity index (χ0v) is 6.98. The summed E-state index contributed by atoms with van der Waals surface area (Å²) in [6.45, 7) is 0. The Morgan fingerprint density at radius 3 is 2.54 bits per heavy atom. The standard InChI is InChI=1S/C7H6N4S.Na.H/c1-2-4-7(5-3-1)12-11-9-6-8-10-11;;/h1-6H;;. The third kappa shape index (κ3) is 3.11. The molecule has 0 aliphatic carbocycles. The van der Waals surface area contributed by atoms with E-state index >= 15 is 0 Å². The normalized spacial score (nSPS) is 9.23. The number of hydrogen-bond donors (Lipinski definition) is 0. The predicted molar refractivity (Wildman–Crippen MR) is 52.7 cm³/mol. The Morgan fingerprint density at radius 2 is 1.92 bits per heavy atom. The van der Waals surface area contributed by atoms with Crippen LogP contribution >= 0.6 is 11.9 Å². The molecule has 0 unspecified atom stereocenters. The van der Waals surface area contributed by atoms with Gasteiger partial charge in [-0.2, -0.15) is 0 Å². The maximum atomic E-state index is 3.87. The van der Waals surface area contributed by atoms with Gasteiger partial charge in [0.25, 0.3) is 0 Å². The average molecular weight is 202 g/mol. The Balaban J connectivity index is 0.000000845. The molecule has 2 aromatic rings. The van der Waals surface area contributed by atoms with Crippen molar-refractivity contribution in [2.45, 2.75) is 4.90 Å². The van der Waals surface area contributed by atoms with Crippen LogP contribution in [-0.4, -0.2) is 49.2 Å². The van der Waals surface area contributed by atoms with Crippen LogP contribution in [0.5, 0.6) is 0 Å². The fourth-order valence-corrected chi connectivity index (χ4v) is 1.41. The smallest absolute Gasteiger partial charge is 0.128 e. The number of benzene rings is 1. The largest absolute Gasteiger partial charge is 0.163 e. The van der Waals surface area contributed by atoms with Crippen molar-refractivity contribution in [3.63, 3.8) is 0 Å². The summed E-state index contributed by atoms with van der Waals surface area (Å²) in [7, 11) is 0. The minimum atomic E-state index is 0. The van der Waals surface area contributed by atoms with Crippen LogP contribution in [0.4, 0.5) is 0 Å². The zero-order valence-electron chi connectivity index (χ0n) is 6.16.